The van der Waals surface area contributed by atoms with Crippen molar-refractivity contribution in [3.63, 3.8) is 0 Å². The molecule has 4 aromatic rings. The molecule has 1 aliphatic rings. The zero-order valence-corrected chi connectivity index (χ0v) is 17.8. The van der Waals surface area contributed by atoms with E-state index in [1.165, 1.54) is 10.5 Å². The summed E-state index contributed by atoms with van der Waals surface area (Å²) in [4.78, 5) is 19.0. The molecule has 0 spiro atoms. The molecule has 5 rings (SSSR count). The Labute approximate surface area is 185 Å². The van der Waals surface area contributed by atoms with Crippen LogP contribution in [-0.4, -0.2) is 21.2 Å². The van der Waals surface area contributed by atoms with Gasteiger partial charge in [-0.25, -0.2) is 4.98 Å². The first-order valence-corrected chi connectivity index (χ1v) is 11.4. The second-order valence-electron chi connectivity index (χ2n) is 7.50. The van der Waals surface area contributed by atoms with Gasteiger partial charge in [0.15, 0.2) is 0 Å². The van der Waals surface area contributed by atoms with Gasteiger partial charge >= 0.3 is 0 Å². The summed E-state index contributed by atoms with van der Waals surface area (Å²) in [5.74, 6) is 2.50. The molecule has 1 aliphatic heterocycles. The molecular weight excluding hydrogens is 406 g/mol. The van der Waals surface area contributed by atoms with Crippen molar-refractivity contribution in [1.82, 2.24) is 14.9 Å². The van der Waals surface area contributed by atoms with Crippen LogP contribution < -0.4 is 10.1 Å². The highest BCUT2D eigenvalue weighted by Gasteiger charge is 2.23. The van der Waals surface area contributed by atoms with E-state index < -0.39 is 0 Å². The van der Waals surface area contributed by atoms with Crippen molar-refractivity contribution in [1.29, 1.82) is 0 Å². The summed E-state index contributed by atoms with van der Waals surface area (Å²) in [7, 11) is 0. The molecule has 0 fully saturated rings. The second kappa shape index (κ2) is 8.86. The summed E-state index contributed by atoms with van der Waals surface area (Å²) in [5, 5.41) is 3.24. The fraction of sp³-hybridized carbons (Fsp3) is 0.200. The molecule has 0 radical (unpaired) electrons. The number of thioether (sulfide) groups is 1. The largest absolute Gasteiger partial charge is 0.486 e. The zero-order valence-electron chi connectivity index (χ0n) is 17.0. The molecule has 0 aliphatic carbocycles. The molecule has 0 bridgehead atoms. The average Bonchev–Trinajstić information content (AvgIpc) is 3.16. The van der Waals surface area contributed by atoms with Crippen LogP contribution in [0.2, 0.25) is 0 Å². The van der Waals surface area contributed by atoms with Crippen LogP contribution in [0.3, 0.4) is 0 Å². The van der Waals surface area contributed by atoms with Crippen LogP contribution in [0.4, 0.5) is 0 Å². The number of hydrogen-bond donors (Lipinski definition) is 1. The Morgan fingerprint density at radius 2 is 1.81 bits per heavy atom. The Bertz CT molecular complexity index is 1210. The van der Waals surface area contributed by atoms with E-state index in [9.17, 15) is 4.79 Å². The van der Waals surface area contributed by atoms with Gasteiger partial charge in [-0.15, -0.1) is 11.8 Å². The number of carbonyl (C=O) groups excluding carboxylic acids is 1. The maximum absolute atomic E-state index is 13.1. The summed E-state index contributed by atoms with van der Waals surface area (Å²) < 4.78 is 7.88. The van der Waals surface area contributed by atoms with Crippen molar-refractivity contribution >= 4 is 28.7 Å². The lowest BCUT2D eigenvalue weighted by Gasteiger charge is -2.26. The minimum atomic E-state index is -0.0178. The van der Waals surface area contributed by atoms with Crippen LogP contribution in [0.25, 0.3) is 11.0 Å². The van der Waals surface area contributed by atoms with Gasteiger partial charge < -0.3 is 14.6 Å². The SMILES string of the molecule is O=C(Cn1c(COc2ccccc2)nc2ccccc21)N[C@@H]1CCSc2ccccc21. The standard InChI is InChI=1S/C25H23N3O2S/c29-25(27-20-14-15-31-23-13-7-4-10-19(20)23)16-28-22-12-6-5-11-21(22)26-24(28)17-30-18-8-2-1-3-9-18/h1-13,20H,14-17H2,(H,27,29)/t20-/m1/s1. The molecule has 0 saturated carbocycles. The number of ether oxygens (including phenoxy) is 1. The Morgan fingerprint density at radius 1 is 1.03 bits per heavy atom. The maximum Gasteiger partial charge on any atom is 0.240 e. The molecular formula is C25H23N3O2S. The Kier molecular flexibility index (Phi) is 5.63. The normalized spacial score (nSPS) is 15.4. The smallest absolute Gasteiger partial charge is 0.240 e. The van der Waals surface area contributed by atoms with Crippen LogP contribution in [0.15, 0.2) is 83.8 Å². The number of imidazole rings is 1. The molecule has 0 saturated heterocycles. The quantitative estimate of drug-likeness (QED) is 0.470. The highest BCUT2D eigenvalue weighted by Crippen LogP contribution is 2.35. The van der Waals surface area contributed by atoms with Crippen LogP contribution in [0.5, 0.6) is 5.75 Å². The average molecular weight is 430 g/mol. The molecule has 1 aromatic heterocycles. The predicted molar refractivity (Wildman–Crippen MR) is 123 cm³/mol. The number of aromatic nitrogens is 2. The van der Waals surface area contributed by atoms with Crippen LogP contribution in [0.1, 0.15) is 23.9 Å². The first-order chi connectivity index (χ1) is 15.3. The summed E-state index contributed by atoms with van der Waals surface area (Å²) in [6.45, 7) is 0.509. The lowest BCUT2D eigenvalue weighted by Crippen LogP contribution is -2.33. The van der Waals surface area contributed by atoms with Gasteiger partial charge in [-0.2, -0.15) is 0 Å². The van der Waals surface area contributed by atoms with Gasteiger partial charge in [0.05, 0.1) is 17.1 Å². The molecule has 0 unspecified atom stereocenters. The number of hydrogen-bond acceptors (Lipinski definition) is 4. The van der Waals surface area contributed by atoms with Gasteiger partial charge in [0.1, 0.15) is 24.7 Å². The fourth-order valence-electron chi connectivity index (χ4n) is 3.95. The fourth-order valence-corrected chi connectivity index (χ4v) is 5.08. The minimum absolute atomic E-state index is 0.0178. The number of nitrogens with zero attached hydrogens (tertiary/aromatic N) is 2. The number of benzene rings is 3. The lowest BCUT2D eigenvalue weighted by molar-refractivity contribution is -0.122. The molecule has 31 heavy (non-hydrogen) atoms. The van der Waals surface area contributed by atoms with Crippen molar-refractivity contribution in [2.45, 2.75) is 30.5 Å². The van der Waals surface area contributed by atoms with E-state index in [0.717, 1.165) is 34.8 Å². The molecule has 3 aromatic carbocycles. The van der Waals surface area contributed by atoms with Crippen LogP contribution in [-0.2, 0) is 17.9 Å². The van der Waals surface area contributed by atoms with Gasteiger partial charge in [0, 0.05) is 10.6 Å². The van der Waals surface area contributed by atoms with Gasteiger partial charge in [0.2, 0.25) is 5.91 Å². The number of amides is 1. The van der Waals surface area contributed by atoms with Crippen LogP contribution in [0, 0.1) is 0 Å². The highest BCUT2D eigenvalue weighted by molar-refractivity contribution is 7.99. The summed E-state index contributed by atoms with van der Waals surface area (Å²) in [5.41, 5.74) is 3.00. The van der Waals surface area contributed by atoms with Crippen molar-refractivity contribution < 1.29 is 9.53 Å². The third-order valence-corrected chi connectivity index (χ3v) is 6.56. The molecule has 6 heteroatoms. The zero-order chi connectivity index (χ0) is 21.0. The monoisotopic (exact) mass is 429 g/mol. The van der Waals surface area contributed by atoms with Gasteiger partial charge in [-0.1, -0.05) is 48.5 Å². The van der Waals surface area contributed by atoms with Gasteiger partial charge in [0.25, 0.3) is 0 Å². The Morgan fingerprint density at radius 3 is 2.71 bits per heavy atom. The number of nitrogens with one attached hydrogen (secondary N) is 1. The molecule has 1 amide bonds. The number of carbonyl (C=O) groups is 1. The highest BCUT2D eigenvalue weighted by atomic mass is 32.2. The van der Waals surface area contributed by atoms with Crippen molar-refractivity contribution in [3.05, 3.63) is 90.3 Å². The third-order valence-electron chi connectivity index (χ3n) is 5.44. The van der Waals surface area contributed by atoms with Gasteiger partial charge in [-0.3, -0.25) is 4.79 Å². The minimum Gasteiger partial charge on any atom is -0.486 e. The first-order valence-electron chi connectivity index (χ1n) is 10.4. The first kappa shape index (κ1) is 19.7. The predicted octanol–water partition coefficient (Wildman–Crippen LogP) is 4.97. The summed E-state index contributed by atoms with van der Waals surface area (Å²) in [6, 6.07) is 25.9. The van der Waals surface area contributed by atoms with Crippen molar-refractivity contribution in [3.8, 4) is 5.75 Å². The van der Waals surface area contributed by atoms with E-state index in [4.69, 9.17) is 9.72 Å². The number of fused-ring (bicyclic) bond motifs is 2. The maximum atomic E-state index is 13.1. The third kappa shape index (κ3) is 4.30. The summed E-state index contributed by atoms with van der Waals surface area (Å²) >= 11 is 1.85. The second-order valence-corrected chi connectivity index (χ2v) is 8.64. The molecule has 5 nitrogen and oxygen atoms in total. The summed E-state index contributed by atoms with van der Waals surface area (Å²) in [6.07, 6.45) is 0.933. The molecule has 2 heterocycles. The number of para-hydroxylation sites is 3. The lowest BCUT2D eigenvalue weighted by atomic mass is 10.0. The number of rotatable bonds is 6. The van der Waals surface area contributed by atoms with Gasteiger partial charge in [-0.05, 0) is 42.3 Å². The van der Waals surface area contributed by atoms with E-state index in [-0.39, 0.29) is 18.5 Å². The van der Waals surface area contributed by atoms with Crippen molar-refractivity contribution in [2.75, 3.05) is 5.75 Å². The van der Waals surface area contributed by atoms with Crippen LogP contribution >= 0.6 is 11.8 Å². The molecule has 156 valence electrons. The molecule has 1 atom stereocenters. The van der Waals surface area contributed by atoms with Crippen molar-refractivity contribution in [2.24, 2.45) is 0 Å². The Balaban J connectivity index is 1.36. The van der Waals surface area contributed by atoms with E-state index in [1.54, 1.807) is 0 Å². The molecule has 1 N–H and O–H groups in total. The van der Waals surface area contributed by atoms with E-state index in [1.807, 2.05) is 83.1 Å². The topological polar surface area (TPSA) is 56.2 Å². The van der Waals surface area contributed by atoms with E-state index >= 15 is 0 Å². The Hall–Kier alpha value is -3.25. The van der Waals surface area contributed by atoms with E-state index in [2.05, 4.69) is 17.4 Å². The van der Waals surface area contributed by atoms with E-state index in [0.29, 0.717) is 6.61 Å².